The Balaban J connectivity index is 0.000000338. The molecule has 1 aromatic carbocycles. The van der Waals surface area contributed by atoms with Crippen molar-refractivity contribution in [3.63, 3.8) is 0 Å². The lowest BCUT2D eigenvalue weighted by Crippen LogP contribution is -2.34. The Hall–Kier alpha value is -4.80. The number of aliphatic carboxylic acids is 4. The number of nitrogens with zero attached hydrogens (tertiary/aromatic N) is 2. The molecule has 1 saturated carbocycles. The average molecular weight is 651 g/mol. The van der Waals surface area contributed by atoms with Gasteiger partial charge in [-0.05, 0) is 49.9 Å². The van der Waals surface area contributed by atoms with E-state index in [9.17, 15) is 24.3 Å². The fraction of sp³-hybridized carbons (Fsp3) is 0.467. The van der Waals surface area contributed by atoms with Gasteiger partial charge in [0, 0.05) is 29.3 Å². The molecule has 2 aliphatic rings. The van der Waals surface area contributed by atoms with Crippen LogP contribution in [0.25, 0.3) is 0 Å². The van der Waals surface area contributed by atoms with Gasteiger partial charge in [-0.25, -0.2) is 14.6 Å². The van der Waals surface area contributed by atoms with Crippen LogP contribution in [0.4, 0.5) is 0 Å². The highest BCUT2D eigenvalue weighted by Crippen LogP contribution is 2.45. The molecular formula is C30H38N2O14. The number of carboxylic acid groups (broad SMARTS) is 4. The Morgan fingerprint density at radius 3 is 1.93 bits per heavy atom. The third kappa shape index (κ3) is 10.7. The van der Waals surface area contributed by atoms with E-state index in [0.717, 1.165) is 41.0 Å². The second kappa shape index (κ2) is 17.6. The summed E-state index contributed by atoms with van der Waals surface area (Å²) in [5, 5.41) is 58.5. The number of aromatic nitrogens is 1. The van der Waals surface area contributed by atoms with Gasteiger partial charge in [0.15, 0.2) is 23.7 Å². The molecule has 0 unspecified atom stereocenters. The van der Waals surface area contributed by atoms with E-state index in [1.165, 1.54) is 0 Å². The minimum atomic E-state index is -1.79. The molecule has 0 spiro atoms. The van der Waals surface area contributed by atoms with Gasteiger partial charge in [0.1, 0.15) is 0 Å². The molecule has 4 rings (SSSR count). The van der Waals surface area contributed by atoms with Gasteiger partial charge in [-0.2, -0.15) is 0 Å². The summed E-state index contributed by atoms with van der Waals surface area (Å²) in [5.41, 5.74) is 4.03. The number of aliphatic imine (C=N–C) groups is 1. The van der Waals surface area contributed by atoms with Crippen molar-refractivity contribution < 1.29 is 69.1 Å². The van der Waals surface area contributed by atoms with Gasteiger partial charge >= 0.3 is 23.9 Å². The first kappa shape index (κ1) is 37.4. The molecule has 1 aliphatic carbocycles. The number of benzene rings is 1. The standard InChI is InChI=1S/C22H26N2O4.2C4H6O5/c1-4-28-20-10-15-16-9-14(25)6-7-18(16)24-22(17(15)11-19(20)26-2)13-5-8-21(27-3)23-12-13;2*5-2(4(8)9)1-3(6)7/h5,8,10-12,14,16,18,25H,4,6-7,9H2,1-3H3;2*2,5H,1H2,(H,6,7)(H,8,9)/t14-,16-,18-;2*2-/m100/s1. The third-order valence-corrected chi connectivity index (χ3v) is 6.90. The zero-order chi connectivity index (χ0) is 34.6. The van der Waals surface area contributed by atoms with E-state index in [2.05, 4.69) is 11.1 Å². The normalized spacial score (nSPS) is 19.1. The largest absolute Gasteiger partial charge is 0.493 e. The molecule has 0 saturated heterocycles. The molecular weight excluding hydrogens is 612 g/mol. The van der Waals surface area contributed by atoms with Crippen LogP contribution >= 0.6 is 0 Å². The maximum Gasteiger partial charge on any atom is 0.333 e. The van der Waals surface area contributed by atoms with Crippen LogP contribution in [0.15, 0.2) is 35.5 Å². The summed E-state index contributed by atoms with van der Waals surface area (Å²) in [5.74, 6) is -3.52. The van der Waals surface area contributed by atoms with Gasteiger partial charge in [0.25, 0.3) is 0 Å². The smallest absolute Gasteiger partial charge is 0.333 e. The lowest BCUT2D eigenvalue weighted by molar-refractivity contribution is -0.153. The molecule has 0 bridgehead atoms. The summed E-state index contributed by atoms with van der Waals surface area (Å²) in [7, 11) is 3.25. The van der Waals surface area contributed by atoms with Gasteiger partial charge in [0.2, 0.25) is 5.88 Å². The van der Waals surface area contributed by atoms with Crippen molar-refractivity contribution in [2.45, 2.75) is 69.3 Å². The van der Waals surface area contributed by atoms with Crippen molar-refractivity contribution in [3.05, 3.63) is 47.2 Å². The molecule has 0 amide bonds. The molecule has 5 atom stereocenters. The van der Waals surface area contributed by atoms with Crippen LogP contribution < -0.4 is 14.2 Å². The lowest BCUT2D eigenvalue weighted by Gasteiger charge is -2.37. The molecule has 1 aliphatic heterocycles. The number of pyridine rings is 1. The Morgan fingerprint density at radius 1 is 0.891 bits per heavy atom. The van der Waals surface area contributed by atoms with E-state index < -0.39 is 48.9 Å². The van der Waals surface area contributed by atoms with Crippen LogP contribution in [0.5, 0.6) is 17.4 Å². The summed E-state index contributed by atoms with van der Waals surface area (Å²) < 4.78 is 16.6. The minimum Gasteiger partial charge on any atom is -0.493 e. The van der Waals surface area contributed by atoms with Crippen molar-refractivity contribution in [2.24, 2.45) is 4.99 Å². The maximum atomic E-state index is 10.3. The van der Waals surface area contributed by atoms with E-state index >= 15 is 0 Å². The molecule has 46 heavy (non-hydrogen) atoms. The second-order valence-corrected chi connectivity index (χ2v) is 10.1. The van der Waals surface area contributed by atoms with Crippen LogP contribution in [0, 0.1) is 0 Å². The fourth-order valence-corrected chi connectivity index (χ4v) is 4.75. The Kier molecular flexibility index (Phi) is 14.3. The molecule has 7 N–H and O–H groups in total. The Labute approximate surface area is 263 Å². The first-order valence-electron chi connectivity index (χ1n) is 14.1. The summed E-state index contributed by atoms with van der Waals surface area (Å²) >= 11 is 0. The van der Waals surface area contributed by atoms with E-state index in [-0.39, 0.29) is 18.1 Å². The van der Waals surface area contributed by atoms with E-state index in [0.29, 0.717) is 24.7 Å². The molecule has 0 radical (unpaired) electrons. The molecule has 1 fully saturated rings. The SMILES string of the molecule is CCOc1cc2c(cc1OC)C(c1ccc(OC)nc1)=N[C@@H]1CC[C@@H](O)C[C@H]21.O=C(O)C[C@H](O)C(=O)O.O=C(O)C[C@H](O)C(=O)O. The number of aliphatic hydroxyl groups excluding tert-OH is 3. The molecule has 252 valence electrons. The van der Waals surface area contributed by atoms with E-state index in [4.69, 9.17) is 49.8 Å². The lowest BCUT2D eigenvalue weighted by atomic mass is 9.74. The predicted octanol–water partition coefficient (Wildman–Crippen LogP) is 1.16. The van der Waals surface area contributed by atoms with Crippen molar-refractivity contribution in [3.8, 4) is 17.4 Å². The van der Waals surface area contributed by atoms with Crippen LogP contribution in [-0.4, -0.2) is 115 Å². The van der Waals surface area contributed by atoms with Crippen molar-refractivity contribution in [1.29, 1.82) is 0 Å². The summed E-state index contributed by atoms with van der Waals surface area (Å²) in [6.45, 7) is 2.52. The van der Waals surface area contributed by atoms with Crippen molar-refractivity contribution in [1.82, 2.24) is 4.98 Å². The number of hydrogen-bond donors (Lipinski definition) is 7. The number of ether oxygens (including phenoxy) is 3. The zero-order valence-electron chi connectivity index (χ0n) is 25.4. The molecule has 2 aromatic rings. The number of hydrogen-bond acceptors (Lipinski definition) is 12. The highest BCUT2D eigenvalue weighted by atomic mass is 16.5. The monoisotopic (exact) mass is 650 g/mol. The van der Waals surface area contributed by atoms with Gasteiger partial charge in [-0.3, -0.25) is 14.6 Å². The van der Waals surface area contributed by atoms with Gasteiger partial charge in [-0.1, -0.05) is 0 Å². The maximum absolute atomic E-state index is 10.3. The van der Waals surface area contributed by atoms with Crippen molar-refractivity contribution >= 4 is 29.6 Å². The molecule has 1 aromatic heterocycles. The van der Waals surface area contributed by atoms with E-state index in [1.54, 1.807) is 20.4 Å². The predicted molar refractivity (Wildman–Crippen MR) is 159 cm³/mol. The number of fused-ring (bicyclic) bond motifs is 3. The van der Waals surface area contributed by atoms with Crippen LogP contribution in [0.2, 0.25) is 0 Å². The fourth-order valence-electron chi connectivity index (χ4n) is 4.75. The Morgan fingerprint density at radius 2 is 1.50 bits per heavy atom. The van der Waals surface area contributed by atoms with Gasteiger partial charge < -0.3 is 50.0 Å². The highest BCUT2D eigenvalue weighted by molar-refractivity contribution is 6.14. The van der Waals surface area contributed by atoms with Crippen LogP contribution in [0.3, 0.4) is 0 Å². The first-order chi connectivity index (χ1) is 21.7. The average Bonchev–Trinajstić information content (AvgIpc) is 3.00. The second-order valence-electron chi connectivity index (χ2n) is 10.1. The molecule has 16 nitrogen and oxygen atoms in total. The summed E-state index contributed by atoms with van der Waals surface area (Å²) in [6.07, 6.45) is -1.21. The highest BCUT2D eigenvalue weighted by Gasteiger charge is 2.37. The minimum absolute atomic E-state index is 0.149. The zero-order valence-corrected chi connectivity index (χ0v) is 25.4. The van der Waals surface area contributed by atoms with Gasteiger partial charge in [0.05, 0.1) is 51.5 Å². The summed E-state index contributed by atoms with van der Waals surface area (Å²) in [4.78, 5) is 48.3. The number of carboxylic acids is 4. The number of aliphatic hydroxyl groups is 3. The quantitative estimate of drug-likeness (QED) is 0.180. The van der Waals surface area contributed by atoms with Gasteiger partial charge in [-0.15, -0.1) is 0 Å². The number of methoxy groups -OCH3 is 2. The van der Waals surface area contributed by atoms with Crippen LogP contribution in [-0.2, 0) is 19.2 Å². The molecule has 2 heterocycles. The topological polar surface area (TPSA) is 263 Å². The number of carbonyl (C=O) groups is 4. The summed E-state index contributed by atoms with van der Waals surface area (Å²) in [6, 6.07) is 8.05. The molecule has 16 heteroatoms. The Bertz CT molecular complexity index is 1360. The number of rotatable bonds is 11. The van der Waals surface area contributed by atoms with Crippen LogP contribution in [0.1, 0.15) is 61.6 Å². The third-order valence-electron chi connectivity index (χ3n) is 6.90. The van der Waals surface area contributed by atoms with E-state index in [1.807, 2.05) is 25.1 Å². The van der Waals surface area contributed by atoms with Crippen molar-refractivity contribution in [2.75, 3.05) is 20.8 Å². The first-order valence-corrected chi connectivity index (χ1v) is 14.1.